The minimum Gasteiger partial charge on any atom is -0.464 e. The van der Waals surface area contributed by atoms with Crippen molar-refractivity contribution in [2.24, 2.45) is 0 Å². The first-order valence-corrected chi connectivity index (χ1v) is 8.03. The largest absolute Gasteiger partial charge is 0.464 e. The fourth-order valence-corrected chi connectivity index (χ4v) is 2.51. The molecule has 2 rings (SSSR count). The summed E-state index contributed by atoms with van der Waals surface area (Å²) in [7, 11) is 0. The van der Waals surface area contributed by atoms with E-state index in [9.17, 15) is 0 Å². The minimum absolute atomic E-state index is 0.127. The Bertz CT molecular complexity index is 562. The number of furan rings is 1. The Morgan fingerprint density at radius 2 is 2.00 bits per heavy atom. The number of halogens is 1. The monoisotopic (exact) mass is 335 g/mol. The molecular weight excluding hydrogens is 314 g/mol. The zero-order valence-corrected chi connectivity index (χ0v) is 14.0. The van der Waals surface area contributed by atoms with Crippen LogP contribution in [-0.2, 0) is 6.42 Å². The third kappa shape index (κ3) is 3.53. The number of benzene rings is 1. The lowest BCUT2D eigenvalue weighted by Gasteiger charge is -2.18. The summed E-state index contributed by atoms with van der Waals surface area (Å²) in [5.41, 5.74) is 2.49. The fraction of sp³-hybridized carbons (Fsp3) is 0.412. The van der Waals surface area contributed by atoms with Crippen molar-refractivity contribution in [3.05, 3.63) is 57.5 Å². The molecule has 0 spiro atoms. The Balaban J connectivity index is 2.32. The van der Waals surface area contributed by atoms with Gasteiger partial charge in [0.15, 0.2) is 0 Å². The van der Waals surface area contributed by atoms with E-state index in [-0.39, 0.29) is 6.04 Å². The lowest BCUT2D eigenvalue weighted by molar-refractivity contribution is 0.422. The van der Waals surface area contributed by atoms with Gasteiger partial charge in [0.1, 0.15) is 11.5 Å². The number of nitrogens with one attached hydrogen (secondary N) is 1. The molecule has 0 aliphatic rings. The van der Waals surface area contributed by atoms with Crippen molar-refractivity contribution in [3.63, 3.8) is 0 Å². The lowest BCUT2D eigenvalue weighted by Crippen LogP contribution is -2.22. The molecular formula is C17H22BrNO. The maximum atomic E-state index is 5.94. The molecule has 0 saturated carbocycles. The maximum absolute atomic E-state index is 5.94. The van der Waals surface area contributed by atoms with Crippen molar-refractivity contribution in [2.75, 3.05) is 6.54 Å². The molecule has 2 nitrogen and oxygen atoms in total. The van der Waals surface area contributed by atoms with Gasteiger partial charge in [-0.1, -0.05) is 41.9 Å². The molecule has 0 fully saturated rings. The molecule has 1 heterocycles. The van der Waals surface area contributed by atoms with Crippen LogP contribution in [0.4, 0.5) is 0 Å². The summed E-state index contributed by atoms with van der Waals surface area (Å²) in [5, 5.41) is 3.58. The van der Waals surface area contributed by atoms with Crippen LogP contribution < -0.4 is 5.32 Å². The van der Waals surface area contributed by atoms with E-state index in [1.807, 2.05) is 0 Å². The van der Waals surface area contributed by atoms with Gasteiger partial charge in [-0.05, 0) is 49.2 Å². The van der Waals surface area contributed by atoms with Crippen LogP contribution in [0, 0.1) is 6.92 Å². The molecule has 1 unspecified atom stereocenters. The number of hydrogen-bond acceptors (Lipinski definition) is 2. The predicted molar refractivity (Wildman–Crippen MR) is 87.1 cm³/mol. The standard InChI is InChI=1S/C17H22BrNO/c1-4-10-19-17(16-9-7-14(5-2)20-16)13-6-8-15(18)12(3)11-13/h6-9,11,17,19H,4-5,10H2,1-3H3. The number of aryl methyl sites for hydroxylation is 2. The molecule has 0 aliphatic heterocycles. The average Bonchev–Trinajstić information content (AvgIpc) is 2.92. The Kier molecular flexibility index (Phi) is 5.44. The van der Waals surface area contributed by atoms with E-state index < -0.39 is 0 Å². The normalized spacial score (nSPS) is 12.6. The van der Waals surface area contributed by atoms with E-state index in [0.717, 1.165) is 35.4 Å². The van der Waals surface area contributed by atoms with Crippen molar-refractivity contribution in [1.82, 2.24) is 5.32 Å². The molecule has 0 aliphatic carbocycles. The second kappa shape index (κ2) is 7.09. The highest BCUT2D eigenvalue weighted by Crippen LogP contribution is 2.27. The molecule has 0 amide bonds. The second-order valence-corrected chi connectivity index (χ2v) is 5.91. The Labute approximate surface area is 129 Å². The quantitative estimate of drug-likeness (QED) is 0.803. The second-order valence-electron chi connectivity index (χ2n) is 5.05. The highest BCUT2D eigenvalue weighted by Gasteiger charge is 2.17. The zero-order valence-electron chi connectivity index (χ0n) is 12.4. The van der Waals surface area contributed by atoms with Crippen molar-refractivity contribution in [1.29, 1.82) is 0 Å². The minimum atomic E-state index is 0.127. The first-order chi connectivity index (χ1) is 9.65. The van der Waals surface area contributed by atoms with Gasteiger partial charge in [0.25, 0.3) is 0 Å². The summed E-state index contributed by atoms with van der Waals surface area (Å²) in [4.78, 5) is 0. The van der Waals surface area contributed by atoms with Crippen LogP contribution in [-0.4, -0.2) is 6.54 Å². The van der Waals surface area contributed by atoms with Crippen molar-refractivity contribution in [3.8, 4) is 0 Å². The third-order valence-electron chi connectivity index (χ3n) is 3.43. The van der Waals surface area contributed by atoms with Gasteiger partial charge in [0, 0.05) is 10.9 Å². The van der Waals surface area contributed by atoms with Crippen LogP contribution in [0.2, 0.25) is 0 Å². The molecule has 108 valence electrons. The van der Waals surface area contributed by atoms with Gasteiger partial charge in [-0.3, -0.25) is 0 Å². The first kappa shape index (κ1) is 15.3. The van der Waals surface area contributed by atoms with Crippen LogP contribution in [0.1, 0.15) is 49.0 Å². The van der Waals surface area contributed by atoms with Crippen LogP contribution in [0.3, 0.4) is 0 Å². The highest BCUT2D eigenvalue weighted by molar-refractivity contribution is 9.10. The van der Waals surface area contributed by atoms with Gasteiger partial charge >= 0.3 is 0 Å². The molecule has 1 aromatic carbocycles. The van der Waals surface area contributed by atoms with Gasteiger partial charge in [-0.25, -0.2) is 0 Å². The van der Waals surface area contributed by atoms with E-state index in [1.165, 1.54) is 11.1 Å². The smallest absolute Gasteiger partial charge is 0.125 e. The topological polar surface area (TPSA) is 25.2 Å². The van der Waals surface area contributed by atoms with Crippen LogP contribution in [0.25, 0.3) is 0 Å². The van der Waals surface area contributed by atoms with Crippen molar-refractivity contribution in [2.45, 2.75) is 39.7 Å². The molecule has 20 heavy (non-hydrogen) atoms. The molecule has 3 heteroatoms. The van der Waals surface area contributed by atoms with Gasteiger partial charge < -0.3 is 9.73 Å². The van der Waals surface area contributed by atoms with E-state index in [1.54, 1.807) is 0 Å². The molecule has 1 aromatic heterocycles. The van der Waals surface area contributed by atoms with Crippen LogP contribution in [0.5, 0.6) is 0 Å². The molecule has 0 bridgehead atoms. The number of rotatable bonds is 6. The summed E-state index contributed by atoms with van der Waals surface area (Å²) >= 11 is 3.56. The van der Waals surface area contributed by atoms with E-state index in [2.05, 4.69) is 72.3 Å². The fourth-order valence-electron chi connectivity index (χ4n) is 2.26. The Hall–Kier alpha value is -1.06. The maximum Gasteiger partial charge on any atom is 0.125 e. The van der Waals surface area contributed by atoms with Crippen molar-refractivity contribution < 1.29 is 4.42 Å². The third-order valence-corrected chi connectivity index (χ3v) is 4.32. The molecule has 0 radical (unpaired) electrons. The van der Waals surface area contributed by atoms with Gasteiger partial charge in [-0.2, -0.15) is 0 Å². The van der Waals surface area contributed by atoms with E-state index in [0.29, 0.717) is 0 Å². The average molecular weight is 336 g/mol. The SMILES string of the molecule is CCCNC(c1ccc(Br)c(C)c1)c1ccc(CC)o1. The van der Waals surface area contributed by atoms with Gasteiger partial charge in [-0.15, -0.1) is 0 Å². The van der Waals surface area contributed by atoms with Gasteiger partial charge in [0.2, 0.25) is 0 Å². The zero-order chi connectivity index (χ0) is 14.5. The van der Waals surface area contributed by atoms with E-state index in [4.69, 9.17) is 4.42 Å². The summed E-state index contributed by atoms with van der Waals surface area (Å²) in [6.45, 7) is 7.38. The molecule has 1 atom stereocenters. The van der Waals surface area contributed by atoms with Crippen molar-refractivity contribution >= 4 is 15.9 Å². The predicted octanol–water partition coefficient (Wildman–Crippen LogP) is 5.00. The summed E-state index contributed by atoms with van der Waals surface area (Å²) in [6.07, 6.45) is 2.03. The van der Waals surface area contributed by atoms with E-state index >= 15 is 0 Å². The van der Waals surface area contributed by atoms with Crippen LogP contribution >= 0.6 is 15.9 Å². The summed E-state index contributed by atoms with van der Waals surface area (Å²) in [6, 6.07) is 10.8. The Morgan fingerprint density at radius 3 is 2.60 bits per heavy atom. The highest BCUT2D eigenvalue weighted by atomic mass is 79.9. The molecule has 0 saturated heterocycles. The molecule has 2 aromatic rings. The van der Waals surface area contributed by atoms with Crippen LogP contribution in [0.15, 0.2) is 39.2 Å². The first-order valence-electron chi connectivity index (χ1n) is 7.23. The molecule has 1 N–H and O–H groups in total. The summed E-state index contributed by atoms with van der Waals surface area (Å²) in [5.74, 6) is 2.04. The lowest BCUT2D eigenvalue weighted by atomic mass is 10.0. The number of hydrogen-bond donors (Lipinski definition) is 1. The summed E-state index contributed by atoms with van der Waals surface area (Å²) < 4.78 is 7.09. The van der Waals surface area contributed by atoms with Gasteiger partial charge in [0.05, 0.1) is 6.04 Å². The Morgan fingerprint density at radius 1 is 1.20 bits per heavy atom.